The minimum atomic E-state index is -0.364. The minimum Gasteiger partial charge on any atom is -0.465 e. The van der Waals surface area contributed by atoms with Crippen molar-refractivity contribution in [2.24, 2.45) is 0 Å². The van der Waals surface area contributed by atoms with Crippen molar-refractivity contribution >= 4 is 16.7 Å². The Morgan fingerprint density at radius 3 is 2.63 bits per heavy atom. The molecule has 2 aromatic carbocycles. The molecule has 0 saturated carbocycles. The van der Waals surface area contributed by atoms with E-state index in [-0.39, 0.29) is 5.97 Å². The van der Waals surface area contributed by atoms with Gasteiger partial charge >= 0.3 is 5.97 Å². The Balaban J connectivity index is 2.38. The summed E-state index contributed by atoms with van der Waals surface area (Å²) in [6.45, 7) is 0. The molecule has 0 spiro atoms. The number of benzene rings is 2. The average molecular weight is 252 g/mol. The first-order valence-electron chi connectivity index (χ1n) is 5.95. The highest BCUT2D eigenvalue weighted by Gasteiger charge is 2.17. The number of furan rings is 1. The lowest BCUT2D eigenvalue weighted by atomic mass is 9.97. The molecule has 0 radical (unpaired) electrons. The quantitative estimate of drug-likeness (QED) is 0.649. The van der Waals surface area contributed by atoms with Gasteiger partial charge in [0.15, 0.2) is 0 Å². The van der Waals surface area contributed by atoms with Crippen LogP contribution in [0.3, 0.4) is 0 Å². The zero-order valence-corrected chi connectivity index (χ0v) is 10.4. The second kappa shape index (κ2) is 4.61. The third-order valence-electron chi connectivity index (χ3n) is 3.10. The van der Waals surface area contributed by atoms with Crippen LogP contribution in [0, 0.1) is 0 Å². The van der Waals surface area contributed by atoms with E-state index < -0.39 is 0 Å². The largest absolute Gasteiger partial charge is 0.465 e. The minimum absolute atomic E-state index is 0.364. The van der Waals surface area contributed by atoms with Crippen molar-refractivity contribution in [2.75, 3.05) is 7.11 Å². The number of fused-ring (bicyclic) bond motifs is 1. The molecule has 0 fully saturated rings. The fourth-order valence-electron chi connectivity index (χ4n) is 2.24. The first-order chi connectivity index (χ1) is 9.31. The van der Waals surface area contributed by atoms with Gasteiger partial charge in [0.25, 0.3) is 0 Å². The Morgan fingerprint density at radius 1 is 1.05 bits per heavy atom. The molecule has 3 rings (SSSR count). The number of ether oxygens (including phenoxy) is 1. The van der Waals surface area contributed by atoms with Gasteiger partial charge in [0.2, 0.25) is 0 Å². The maximum absolute atomic E-state index is 11.9. The highest BCUT2D eigenvalue weighted by molar-refractivity contribution is 6.07. The van der Waals surface area contributed by atoms with Gasteiger partial charge in [0.05, 0.1) is 18.9 Å². The van der Waals surface area contributed by atoms with Crippen LogP contribution in [-0.2, 0) is 4.74 Å². The van der Waals surface area contributed by atoms with Crippen LogP contribution in [0.1, 0.15) is 10.4 Å². The second-order valence-corrected chi connectivity index (χ2v) is 4.18. The second-order valence-electron chi connectivity index (χ2n) is 4.18. The third kappa shape index (κ3) is 1.89. The van der Waals surface area contributed by atoms with E-state index in [2.05, 4.69) is 0 Å². The van der Waals surface area contributed by atoms with Gasteiger partial charge < -0.3 is 9.15 Å². The van der Waals surface area contributed by atoms with Crippen LogP contribution in [0.2, 0.25) is 0 Å². The molecule has 0 bridgehead atoms. The van der Waals surface area contributed by atoms with Crippen molar-refractivity contribution in [2.45, 2.75) is 0 Å². The first kappa shape index (κ1) is 11.5. The molecule has 3 aromatic rings. The molecule has 94 valence electrons. The molecular weight excluding hydrogens is 240 g/mol. The summed E-state index contributed by atoms with van der Waals surface area (Å²) < 4.78 is 10.3. The molecule has 19 heavy (non-hydrogen) atoms. The van der Waals surface area contributed by atoms with Crippen LogP contribution >= 0.6 is 0 Å². The summed E-state index contributed by atoms with van der Waals surface area (Å²) in [6.07, 6.45) is 1.60. The van der Waals surface area contributed by atoms with E-state index in [1.165, 1.54) is 7.11 Å². The fourth-order valence-corrected chi connectivity index (χ4v) is 2.24. The van der Waals surface area contributed by atoms with Crippen molar-refractivity contribution in [1.29, 1.82) is 0 Å². The average Bonchev–Trinajstić information content (AvgIpc) is 2.99. The smallest absolute Gasteiger partial charge is 0.338 e. The summed E-state index contributed by atoms with van der Waals surface area (Å²) >= 11 is 0. The predicted molar refractivity (Wildman–Crippen MR) is 73.0 cm³/mol. The molecule has 1 aromatic heterocycles. The molecule has 0 N–H and O–H groups in total. The lowest BCUT2D eigenvalue weighted by Crippen LogP contribution is -2.03. The first-order valence-corrected chi connectivity index (χ1v) is 5.95. The van der Waals surface area contributed by atoms with Gasteiger partial charge in [-0.2, -0.15) is 0 Å². The van der Waals surface area contributed by atoms with Crippen LogP contribution < -0.4 is 0 Å². The highest BCUT2D eigenvalue weighted by atomic mass is 16.5. The standard InChI is InChI=1S/C16H12O3/c1-18-16(17)13-9-8-11-5-2-3-6-12(11)15(13)14-7-4-10-19-14/h2-10H,1H3. The van der Waals surface area contributed by atoms with Crippen LogP contribution in [0.15, 0.2) is 59.2 Å². The van der Waals surface area contributed by atoms with E-state index in [1.807, 2.05) is 36.4 Å². The van der Waals surface area contributed by atoms with Crippen LogP contribution in [0.4, 0.5) is 0 Å². The summed E-state index contributed by atoms with van der Waals surface area (Å²) in [5.41, 5.74) is 1.28. The molecule has 0 aliphatic carbocycles. The fraction of sp³-hybridized carbons (Fsp3) is 0.0625. The Kier molecular flexibility index (Phi) is 2.80. The number of methoxy groups -OCH3 is 1. The lowest BCUT2D eigenvalue weighted by molar-refractivity contribution is 0.0601. The van der Waals surface area contributed by atoms with Crippen molar-refractivity contribution < 1.29 is 13.9 Å². The van der Waals surface area contributed by atoms with Crippen molar-refractivity contribution in [1.82, 2.24) is 0 Å². The maximum Gasteiger partial charge on any atom is 0.338 e. The predicted octanol–water partition coefficient (Wildman–Crippen LogP) is 3.89. The maximum atomic E-state index is 11.9. The van der Waals surface area contributed by atoms with Gasteiger partial charge in [0.1, 0.15) is 5.76 Å². The number of rotatable bonds is 2. The van der Waals surface area contributed by atoms with Crippen molar-refractivity contribution in [3.8, 4) is 11.3 Å². The Bertz CT molecular complexity index is 727. The molecule has 0 unspecified atom stereocenters. The van der Waals surface area contributed by atoms with E-state index in [1.54, 1.807) is 18.4 Å². The van der Waals surface area contributed by atoms with E-state index in [4.69, 9.17) is 9.15 Å². The van der Waals surface area contributed by atoms with Crippen molar-refractivity contribution in [3.63, 3.8) is 0 Å². The summed E-state index contributed by atoms with van der Waals surface area (Å²) in [6, 6.07) is 15.2. The monoisotopic (exact) mass is 252 g/mol. The number of hydrogen-bond acceptors (Lipinski definition) is 3. The SMILES string of the molecule is COC(=O)c1ccc2ccccc2c1-c1ccco1. The van der Waals surface area contributed by atoms with Gasteiger partial charge in [0, 0.05) is 5.56 Å². The molecule has 1 heterocycles. The van der Waals surface area contributed by atoms with Crippen LogP contribution in [-0.4, -0.2) is 13.1 Å². The van der Waals surface area contributed by atoms with E-state index in [0.717, 1.165) is 16.3 Å². The summed E-state index contributed by atoms with van der Waals surface area (Å²) in [7, 11) is 1.38. The zero-order chi connectivity index (χ0) is 13.2. The van der Waals surface area contributed by atoms with Gasteiger partial charge in [-0.3, -0.25) is 0 Å². The number of esters is 1. The summed E-state index contributed by atoms with van der Waals surface area (Å²) in [4.78, 5) is 11.9. The summed E-state index contributed by atoms with van der Waals surface area (Å²) in [5.74, 6) is 0.300. The molecule has 3 heteroatoms. The molecule has 0 amide bonds. The zero-order valence-electron chi connectivity index (χ0n) is 10.4. The normalized spacial score (nSPS) is 10.6. The molecular formula is C16H12O3. The highest BCUT2D eigenvalue weighted by Crippen LogP contribution is 2.32. The number of carbonyl (C=O) groups is 1. The van der Waals surface area contributed by atoms with Gasteiger partial charge in [-0.15, -0.1) is 0 Å². The number of hydrogen-bond donors (Lipinski definition) is 0. The Labute approximate surface area is 110 Å². The summed E-state index contributed by atoms with van der Waals surface area (Å²) in [5, 5.41) is 2.03. The van der Waals surface area contributed by atoms with Gasteiger partial charge in [-0.1, -0.05) is 30.3 Å². The molecule has 0 saturated heterocycles. The lowest BCUT2D eigenvalue weighted by Gasteiger charge is -2.09. The molecule has 0 aliphatic rings. The third-order valence-corrected chi connectivity index (χ3v) is 3.10. The Morgan fingerprint density at radius 2 is 1.89 bits per heavy atom. The Hall–Kier alpha value is -2.55. The van der Waals surface area contributed by atoms with E-state index in [9.17, 15) is 4.79 Å². The molecule has 0 aliphatic heterocycles. The van der Waals surface area contributed by atoms with Gasteiger partial charge in [-0.25, -0.2) is 4.79 Å². The van der Waals surface area contributed by atoms with E-state index >= 15 is 0 Å². The molecule has 0 atom stereocenters. The molecule has 3 nitrogen and oxygen atoms in total. The van der Waals surface area contributed by atoms with Crippen LogP contribution in [0.25, 0.3) is 22.1 Å². The van der Waals surface area contributed by atoms with Gasteiger partial charge in [-0.05, 0) is 29.0 Å². The van der Waals surface area contributed by atoms with Crippen molar-refractivity contribution in [3.05, 3.63) is 60.4 Å². The topological polar surface area (TPSA) is 39.4 Å². The number of carbonyl (C=O) groups excluding carboxylic acids is 1. The van der Waals surface area contributed by atoms with E-state index in [0.29, 0.717) is 11.3 Å². The van der Waals surface area contributed by atoms with Crippen LogP contribution in [0.5, 0.6) is 0 Å².